The molecule has 1 aromatic rings. The summed E-state index contributed by atoms with van der Waals surface area (Å²) in [5, 5.41) is 20.6. The average Bonchev–Trinajstić information content (AvgIpc) is 3.26. The number of aliphatic hydroxyl groups is 1. The first-order valence-corrected chi connectivity index (χ1v) is 8.73. The van der Waals surface area contributed by atoms with Crippen LogP contribution >= 0.6 is 0 Å². The number of hydrogen-bond donors (Lipinski definition) is 1. The van der Waals surface area contributed by atoms with Crippen LogP contribution in [0.1, 0.15) is 37.7 Å². The minimum atomic E-state index is -1.59. The van der Waals surface area contributed by atoms with Crippen molar-refractivity contribution >= 4 is 5.97 Å². The molecule has 3 unspecified atom stereocenters. The molecule has 0 radical (unpaired) electrons. The summed E-state index contributed by atoms with van der Waals surface area (Å²) >= 11 is 0. The smallest absolute Gasteiger partial charge is 0.343 e. The summed E-state index contributed by atoms with van der Waals surface area (Å²) in [4.78, 5) is 12.9. The van der Waals surface area contributed by atoms with Crippen LogP contribution in [0.15, 0.2) is 30.3 Å². The lowest BCUT2D eigenvalue weighted by molar-refractivity contribution is -0.833. The average molecular weight is 329 g/mol. The Morgan fingerprint density at radius 3 is 2.54 bits per heavy atom. The number of nitriles is 1. The van der Waals surface area contributed by atoms with Gasteiger partial charge in [0.15, 0.2) is 11.7 Å². The van der Waals surface area contributed by atoms with E-state index in [1.54, 1.807) is 12.1 Å². The Bertz CT molecular complexity index is 636. The second-order valence-corrected chi connectivity index (χ2v) is 7.33. The Labute approximate surface area is 143 Å². The van der Waals surface area contributed by atoms with Crippen molar-refractivity contribution in [3.8, 4) is 6.19 Å². The van der Waals surface area contributed by atoms with Crippen molar-refractivity contribution in [3.63, 3.8) is 0 Å². The van der Waals surface area contributed by atoms with Gasteiger partial charge in [-0.15, -0.1) is 5.26 Å². The SMILES string of the molecule is C[N+]1(C#N)CCC(OC(=O)C(O)(c2ccccc2)C2CCCC2)C1. The maximum absolute atomic E-state index is 12.9. The third kappa shape index (κ3) is 3.04. The first-order valence-electron chi connectivity index (χ1n) is 8.73. The number of carbonyl (C=O) groups is 1. The largest absolute Gasteiger partial charge is 0.454 e. The van der Waals surface area contributed by atoms with Crippen LogP contribution in [0.25, 0.3) is 0 Å². The van der Waals surface area contributed by atoms with Gasteiger partial charge in [0, 0.05) is 12.3 Å². The van der Waals surface area contributed by atoms with E-state index in [1.807, 2.05) is 25.2 Å². The van der Waals surface area contributed by atoms with Gasteiger partial charge in [-0.2, -0.15) is 0 Å². The number of rotatable bonds is 4. The molecule has 5 heteroatoms. The maximum atomic E-state index is 12.9. The minimum Gasteiger partial charge on any atom is -0.454 e. The fraction of sp³-hybridized carbons (Fsp3) is 0.579. The standard InChI is InChI=1S/C19H25N2O3/c1-21(14-20)12-11-17(13-21)24-18(22)19(23,16-9-5-6-10-16)15-7-3-2-4-8-15/h2-4,7-8,16-17,23H,5-6,9-13H2,1H3/q+1. The highest BCUT2D eigenvalue weighted by Gasteiger charge is 2.49. The van der Waals surface area contributed by atoms with E-state index in [4.69, 9.17) is 4.74 Å². The lowest BCUT2D eigenvalue weighted by Crippen LogP contribution is -2.45. The van der Waals surface area contributed by atoms with E-state index in [0.29, 0.717) is 25.1 Å². The number of hydrogen-bond acceptors (Lipinski definition) is 4. The monoisotopic (exact) mass is 329 g/mol. The highest BCUT2D eigenvalue weighted by molar-refractivity contribution is 5.81. The second-order valence-electron chi connectivity index (χ2n) is 7.33. The topological polar surface area (TPSA) is 70.3 Å². The molecule has 1 aliphatic carbocycles. The first-order chi connectivity index (χ1) is 11.5. The van der Waals surface area contributed by atoms with Crippen LogP contribution in [0.5, 0.6) is 0 Å². The van der Waals surface area contributed by atoms with E-state index in [1.165, 1.54) is 0 Å². The number of benzene rings is 1. The maximum Gasteiger partial charge on any atom is 0.343 e. The highest BCUT2D eigenvalue weighted by Crippen LogP contribution is 2.42. The van der Waals surface area contributed by atoms with Gasteiger partial charge in [-0.05, 0) is 18.4 Å². The zero-order chi connectivity index (χ0) is 17.2. The Morgan fingerprint density at radius 2 is 1.96 bits per heavy atom. The number of quaternary nitrogens is 1. The van der Waals surface area contributed by atoms with E-state index in [-0.39, 0.29) is 16.5 Å². The molecule has 0 amide bonds. The third-order valence-corrected chi connectivity index (χ3v) is 5.54. The summed E-state index contributed by atoms with van der Waals surface area (Å²) in [6.45, 7) is 1.15. The van der Waals surface area contributed by atoms with Crippen LogP contribution in [0, 0.1) is 17.4 Å². The van der Waals surface area contributed by atoms with Crippen LogP contribution in [0.3, 0.4) is 0 Å². The Hall–Kier alpha value is -1.90. The zero-order valence-corrected chi connectivity index (χ0v) is 14.1. The van der Waals surface area contributed by atoms with Crippen molar-refractivity contribution in [2.24, 2.45) is 5.92 Å². The van der Waals surface area contributed by atoms with Gasteiger partial charge in [-0.1, -0.05) is 43.2 Å². The first kappa shape index (κ1) is 16.9. The Balaban J connectivity index is 1.81. The molecule has 0 bridgehead atoms. The number of esters is 1. The number of nitrogens with zero attached hydrogens (tertiary/aromatic N) is 2. The Morgan fingerprint density at radius 1 is 1.29 bits per heavy atom. The van der Waals surface area contributed by atoms with Crippen molar-refractivity contribution in [2.75, 3.05) is 20.1 Å². The summed E-state index contributed by atoms with van der Waals surface area (Å²) in [5.41, 5.74) is -0.978. The molecular weight excluding hydrogens is 304 g/mol. The molecule has 5 nitrogen and oxygen atoms in total. The Kier molecular flexibility index (Phi) is 4.62. The highest BCUT2D eigenvalue weighted by atomic mass is 16.6. The van der Waals surface area contributed by atoms with Crippen LogP contribution in [0.2, 0.25) is 0 Å². The summed E-state index contributed by atoms with van der Waals surface area (Å²) < 4.78 is 5.93. The summed E-state index contributed by atoms with van der Waals surface area (Å²) in [6.07, 6.45) is 6.32. The molecule has 3 atom stereocenters. The molecule has 3 rings (SSSR count). The molecule has 2 aliphatic rings. The van der Waals surface area contributed by atoms with Gasteiger partial charge in [0.25, 0.3) is 0 Å². The lowest BCUT2D eigenvalue weighted by Gasteiger charge is -2.33. The molecule has 1 aromatic carbocycles. The van der Waals surface area contributed by atoms with E-state index in [2.05, 4.69) is 6.19 Å². The van der Waals surface area contributed by atoms with Crippen LogP contribution < -0.4 is 0 Å². The molecule has 128 valence electrons. The fourth-order valence-electron chi connectivity index (χ4n) is 4.05. The van der Waals surface area contributed by atoms with Crippen molar-refractivity contribution in [1.82, 2.24) is 0 Å². The van der Waals surface area contributed by atoms with E-state index in [0.717, 1.165) is 25.7 Å². The van der Waals surface area contributed by atoms with Crippen LogP contribution in [0.4, 0.5) is 0 Å². The summed E-state index contributed by atoms with van der Waals surface area (Å²) in [6, 6.07) is 9.13. The minimum absolute atomic E-state index is 0.106. The van der Waals surface area contributed by atoms with Crippen molar-refractivity contribution in [2.45, 2.75) is 43.8 Å². The van der Waals surface area contributed by atoms with E-state index in [9.17, 15) is 15.2 Å². The third-order valence-electron chi connectivity index (χ3n) is 5.54. The normalized spacial score (nSPS) is 29.8. The molecule has 1 saturated heterocycles. The number of likely N-dealkylation sites (N-methyl/N-ethyl adjacent to an activating group) is 1. The van der Waals surface area contributed by atoms with Gasteiger partial charge in [-0.3, -0.25) is 0 Å². The van der Waals surface area contributed by atoms with Gasteiger partial charge in [0.2, 0.25) is 0 Å². The second kappa shape index (κ2) is 6.54. The van der Waals surface area contributed by atoms with Crippen molar-refractivity contribution in [1.29, 1.82) is 5.26 Å². The van der Waals surface area contributed by atoms with Crippen LogP contribution in [-0.4, -0.2) is 41.8 Å². The molecule has 1 aliphatic heterocycles. The van der Waals surface area contributed by atoms with Gasteiger partial charge >= 0.3 is 12.2 Å². The van der Waals surface area contributed by atoms with Crippen molar-refractivity contribution < 1.29 is 19.1 Å². The number of ether oxygens (including phenoxy) is 1. The molecule has 1 saturated carbocycles. The molecular formula is C19H25N2O3+. The quantitative estimate of drug-likeness (QED) is 0.523. The van der Waals surface area contributed by atoms with E-state index >= 15 is 0 Å². The van der Waals surface area contributed by atoms with E-state index < -0.39 is 11.6 Å². The zero-order valence-electron chi connectivity index (χ0n) is 14.1. The molecule has 1 heterocycles. The molecule has 1 N–H and O–H groups in total. The lowest BCUT2D eigenvalue weighted by atomic mass is 9.80. The molecule has 0 aromatic heterocycles. The summed E-state index contributed by atoms with van der Waals surface area (Å²) in [7, 11) is 1.84. The molecule has 24 heavy (non-hydrogen) atoms. The van der Waals surface area contributed by atoms with Gasteiger partial charge in [-0.25, -0.2) is 9.28 Å². The van der Waals surface area contributed by atoms with Gasteiger partial charge < -0.3 is 9.84 Å². The summed E-state index contributed by atoms with van der Waals surface area (Å²) in [5.74, 6) is -0.664. The number of likely N-dealkylation sites (tertiary alicyclic amines) is 1. The van der Waals surface area contributed by atoms with Crippen LogP contribution in [-0.2, 0) is 15.1 Å². The fourth-order valence-corrected chi connectivity index (χ4v) is 4.05. The predicted octanol–water partition coefficient (Wildman–Crippen LogP) is 2.31. The van der Waals surface area contributed by atoms with Crippen molar-refractivity contribution in [3.05, 3.63) is 35.9 Å². The number of carbonyl (C=O) groups excluding carboxylic acids is 1. The molecule has 2 fully saturated rings. The van der Waals surface area contributed by atoms with Gasteiger partial charge in [0.05, 0.1) is 13.6 Å². The van der Waals surface area contributed by atoms with Gasteiger partial charge in [0.1, 0.15) is 6.54 Å². The molecule has 0 spiro atoms. The predicted molar refractivity (Wildman–Crippen MR) is 88.3 cm³/mol.